The van der Waals surface area contributed by atoms with E-state index in [1.807, 2.05) is 25.7 Å². The minimum atomic E-state index is -0.255. The van der Waals surface area contributed by atoms with Crippen LogP contribution in [0.4, 0.5) is 10.9 Å². The van der Waals surface area contributed by atoms with Crippen molar-refractivity contribution in [1.82, 2.24) is 15.2 Å². The molecular weight excluding hydrogens is 290 g/mol. The van der Waals surface area contributed by atoms with Crippen LogP contribution in [-0.2, 0) is 4.79 Å². The van der Waals surface area contributed by atoms with Crippen molar-refractivity contribution in [2.45, 2.75) is 20.8 Å². The largest absolute Gasteiger partial charge is 0.382 e. The third-order valence-electron chi connectivity index (χ3n) is 3.15. The van der Waals surface area contributed by atoms with E-state index in [-0.39, 0.29) is 24.2 Å². The van der Waals surface area contributed by atoms with Crippen molar-refractivity contribution in [3.05, 3.63) is 4.88 Å². The number of thiazole rings is 1. The SMILES string of the molecule is CCN(CC(=O)NC)C(=O)c1sc(N(CC)CC)nc1N. The number of nitrogen functional groups attached to an aromatic ring is 1. The Balaban J connectivity index is 2.98. The summed E-state index contributed by atoms with van der Waals surface area (Å²) in [4.78, 5) is 32.1. The summed E-state index contributed by atoms with van der Waals surface area (Å²) in [5.41, 5.74) is 5.87. The summed E-state index contributed by atoms with van der Waals surface area (Å²) in [6, 6.07) is 0. The quantitative estimate of drug-likeness (QED) is 0.776. The number of rotatable bonds is 7. The summed E-state index contributed by atoms with van der Waals surface area (Å²) >= 11 is 1.27. The lowest BCUT2D eigenvalue weighted by molar-refractivity contribution is -0.121. The number of hydrogen-bond acceptors (Lipinski definition) is 6. The lowest BCUT2D eigenvalue weighted by atomic mass is 10.3. The summed E-state index contributed by atoms with van der Waals surface area (Å²) in [5.74, 6) is -0.242. The second kappa shape index (κ2) is 7.82. The summed E-state index contributed by atoms with van der Waals surface area (Å²) in [7, 11) is 1.54. The molecule has 3 N–H and O–H groups in total. The molecule has 0 bridgehead atoms. The molecule has 0 unspecified atom stereocenters. The number of nitrogens with zero attached hydrogens (tertiary/aromatic N) is 3. The van der Waals surface area contributed by atoms with Gasteiger partial charge in [-0.1, -0.05) is 11.3 Å². The van der Waals surface area contributed by atoms with Crippen molar-refractivity contribution < 1.29 is 9.59 Å². The summed E-state index contributed by atoms with van der Waals surface area (Å²) < 4.78 is 0. The fourth-order valence-electron chi connectivity index (χ4n) is 1.83. The molecule has 7 nitrogen and oxygen atoms in total. The minimum Gasteiger partial charge on any atom is -0.382 e. The number of carbonyl (C=O) groups excluding carboxylic acids is 2. The number of carbonyl (C=O) groups is 2. The van der Waals surface area contributed by atoms with E-state index < -0.39 is 0 Å². The van der Waals surface area contributed by atoms with E-state index in [0.717, 1.165) is 18.2 Å². The monoisotopic (exact) mass is 313 g/mol. The molecule has 21 heavy (non-hydrogen) atoms. The second-order valence-corrected chi connectivity index (χ2v) is 5.35. The fourth-order valence-corrected chi connectivity index (χ4v) is 2.91. The first-order valence-corrected chi connectivity index (χ1v) is 7.81. The Bertz CT molecular complexity index is 499. The Kier molecular flexibility index (Phi) is 6.41. The van der Waals surface area contributed by atoms with Gasteiger partial charge in [0.15, 0.2) is 5.13 Å². The van der Waals surface area contributed by atoms with Gasteiger partial charge in [0.05, 0.1) is 6.54 Å². The van der Waals surface area contributed by atoms with Crippen molar-refractivity contribution >= 4 is 34.1 Å². The Hall–Kier alpha value is -1.83. The number of nitrogens with two attached hydrogens (primary N) is 1. The highest BCUT2D eigenvalue weighted by Gasteiger charge is 2.23. The predicted molar refractivity (Wildman–Crippen MR) is 85.7 cm³/mol. The van der Waals surface area contributed by atoms with Crippen molar-refractivity contribution in [2.24, 2.45) is 0 Å². The van der Waals surface area contributed by atoms with Crippen molar-refractivity contribution in [3.63, 3.8) is 0 Å². The molecule has 0 radical (unpaired) electrons. The zero-order valence-electron chi connectivity index (χ0n) is 13.0. The predicted octanol–water partition coefficient (Wildman–Crippen LogP) is 0.780. The highest BCUT2D eigenvalue weighted by atomic mass is 32.1. The van der Waals surface area contributed by atoms with Gasteiger partial charge in [0.25, 0.3) is 5.91 Å². The van der Waals surface area contributed by atoms with Gasteiger partial charge < -0.3 is 20.9 Å². The van der Waals surface area contributed by atoms with Crippen LogP contribution in [0.15, 0.2) is 0 Å². The van der Waals surface area contributed by atoms with Gasteiger partial charge in [0.2, 0.25) is 5.91 Å². The van der Waals surface area contributed by atoms with E-state index >= 15 is 0 Å². The molecule has 118 valence electrons. The summed E-state index contributed by atoms with van der Waals surface area (Å²) in [6.07, 6.45) is 0. The zero-order chi connectivity index (χ0) is 16.0. The van der Waals surface area contributed by atoms with Gasteiger partial charge in [-0.05, 0) is 20.8 Å². The van der Waals surface area contributed by atoms with Crippen molar-refractivity contribution in [2.75, 3.05) is 43.9 Å². The van der Waals surface area contributed by atoms with E-state index in [9.17, 15) is 9.59 Å². The minimum absolute atomic E-state index is 0.0176. The van der Waals surface area contributed by atoms with E-state index in [1.54, 1.807) is 7.05 Å². The number of hydrogen-bond donors (Lipinski definition) is 2. The number of aromatic nitrogens is 1. The van der Waals surface area contributed by atoms with Crippen molar-refractivity contribution in [3.8, 4) is 0 Å². The highest BCUT2D eigenvalue weighted by molar-refractivity contribution is 7.18. The third-order valence-corrected chi connectivity index (χ3v) is 4.27. The molecule has 1 aromatic rings. The molecule has 0 saturated carbocycles. The van der Waals surface area contributed by atoms with E-state index in [2.05, 4.69) is 10.3 Å². The third kappa shape index (κ3) is 4.07. The van der Waals surface area contributed by atoms with E-state index in [0.29, 0.717) is 11.4 Å². The number of anilines is 2. The molecule has 0 aromatic carbocycles. The lowest BCUT2D eigenvalue weighted by Crippen LogP contribution is -2.39. The second-order valence-electron chi connectivity index (χ2n) is 4.38. The van der Waals surface area contributed by atoms with Gasteiger partial charge in [0, 0.05) is 26.7 Å². The number of nitrogens with one attached hydrogen (secondary N) is 1. The van der Waals surface area contributed by atoms with Crippen LogP contribution >= 0.6 is 11.3 Å². The van der Waals surface area contributed by atoms with Gasteiger partial charge >= 0.3 is 0 Å². The smallest absolute Gasteiger partial charge is 0.268 e. The molecule has 2 amide bonds. The average molecular weight is 313 g/mol. The topological polar surface area (TPSA) is 91.6 Å². The van der Waals surface area contributed by atoms with E-state index in [4.69, 9.17) is 5.73 Å². The van der Waals surface area contributed by atoms with Crippen LogP contribution in [0.3, 0.4) is 0 Å². The Morgan fingerprint density at radius 1 is 1.24 bits per heavy atom. The molecule has 0 fully saturated rings. The molecule has 0 spiro atoms. The molecule has 0 aliphatic heterocycles. The van der Waals surface area contributed by atoms with Crippen molar-refractivity contribution in [1.29, 1.82) is 0 Å². The van der Waals surface area contributed by atoms with Gasteiger partial charge in [-0.25, -0.2) is 4.98 Å². The molecule has 1 rings (SSSR count). The van der Waals surface area contributed by atoms with Crippen LogP contribution in [0.25, 0.3) is 0 Å². The molecule has 0 aliphatic rings. The Labute approximate surface area is 129 Å². The first kappa shape index (κ1) is 17.2. The lowest BCUT2D eigenvalue weighted by Gasteiger charge is -2.19. The van der Waals surface area contributed by atoms with Crippen LogP contribution in [0.5, 0.6) is 0 Å². The maximum atomic E-state index is 12.5. The fraction of sp³-hybridized carbons (Fsp3) is 0.615. The molecular formula is C13H23N5O2S. The summed E-state index contributed by atoms with van der Waals surface area (Å²) in [5, 5.41) is 3.24. The maximum Gasteiger partial charge on any atom is 0.268 e. The number of amides is 2. The highest BCUT2D eigenvalue weighted by Crippen LogP contribution is 2.29. The molecule has 0 saturated heterocycles. The van der Waals surface area contributed by atoms with Crippen LogP contribution in [0.1, 0.15) is 30.4 Å². The average Bonchev–Trinajstić information content (AvgIpc) is 2.86. The molecule has 0 aliphatic carbocycles. The maximum absolute atomic E-state index is 12.5. The van der Waals surface area contributed by atoms with Gasteiger partial charge in [-0.3, -0.25) is 9.59 Å². The zero-order valence-corrected chi connectivity index (χ0v) is 13.8. The van der Waals surface area contributed by atoms with Crippen LogP contribution in [0, 0.1) is 0 Å². The van der Waals surface area contributed by atoms with Crippen LogP contribution < -0.4 is 16.0 Å². The molecule has 1 heterocycles. The van der Waals surface area contributed by atoms with E-state index in [1.165, 1.54) is 16.2 Å². The molecule has 8 heteroatoms. The Morgan fingerprint density at radius 2 is 1.86 bits per heavy atom. The van der Waals surface area contributed by atoms with Crippen LogP contribution in [-0.4, -0.2) is 54.9 Å². The summed E-state index contributed by atoms with van der Waals surface area (Å²) in [6.45, 7) is 7.91. The first-order valence-electron chi connectivity index (χ1n) is 6.99. The first-order chi connectivity index (χ1) is 9.98. The number of likely N-dealkylation sites (N-methyl/N-ethyl adjacent to an activating group) is 2. The van der Waals surface area contributed by atoms with Gasteiger partial charge in [0.1, 0.15) is 10.7 Å². The normalized spacial score (nSPS) is 10.3. The standard InChI is InChI=1S/C13H23N5O2S/c1-5-17(6-2)13-16-11(14)10(21-13)12(20)18(7-3)8-9(19)15-4/h5-8,14H2,1-4H3,(H,15,19). The van der Waals surface area contributed by atoms with Crippen LogP contribution in [0.2, 0.25) is 0 Å². The molecule has 1 aromatic heterocycles. The van der Waals surface area contributed by atoms with Gasteiger partial charge in [-0.2, -0.15) is 0 Å². The molecule has 0 atom stereocenters. The Morgan fingerprint density at radius 3 is 2.33 bits per heavy atom. The van der Waals surface area contributed by atoms with Gasteiger partial charge in [-0.15, -0.1) is 0 Å².